The van der Waals surface area contributed by atoms with Gasteiger partial charge in [0.1, 0.15) is 0 Å². The number of pyridine rings is 1. The van der Waals surface area contributed by atoms with Gasteiger partial charge in [0, 0.05) is 12.4 Å². The normalized spacial score (nSPS) is 8.89. The molecule has 0 atom stereocenters. The van der Waals surface area contributed by atoms with Crippen LogP contribution in [0.15, 0.2) is 99.4 Å². The van der Waals surface area contributed by atoms with E-state index in [0.29, 0.717) is 0 Å². The van der Waals surface area contributed by atoms with Gasteiger partial charge in [-0.1, -0.05) is 106 Å². The fourth-order valence-corrected chi connectivity index (χ4v) is 2.44. The largest absolute Gasteiger partial charge is 0.265 e. The first-order valence-corrected chi connectivity index (χ1v) is 9.26. The molecule has 2 aromatic carbocycles. The molecule has 1 heterocycles. The predicted molar refractivity (Wildman–Crippen MR) is 127 cm³/mol. The SMILES string of the molecule is C=Cc1ccccc1C=C.C=Cc1ccccc1CC.C=Cc1ccncc1. The number of aryl methyl sites for hydroxylation is 1. The van der Waals surface area contributed by atoms with E-state index < -0.39 is 0 Å². The summed E-state index contributed by atoms with van der Waals surface area (Å²) in [6, 6.07) is 20.2. The maximum Gasteiger partial charge on any atom is 0.0273 e. The zero-order chi connectivity index (χ0) is 20.6. The Balaban J connectivity index is 0.000000212. The van der Waals surface area contributed by atoms with Gasteiger partial charge in [-0.15, -0.1) is 0 Å². The first-order valence-electron chi connectivity index (χ1n) is 9.26. The van der Waals surface area contributed by atoms with Gasteiger partial charge in [-0.25, -0.2) is 0 Å². The summed E-state index contributed by atoms with van der Waals surface area (Å²) in [5.41, 5.74) is 6.01. The van der Waals surface area contributed by atoms with E-state index in [1.54, 1.807) is 18.5 Å². The van der Waals surface area contributed by atoms with E-state index in [9.17, 15) is 0 Å². The number of nitrogens with zero attached hydrogens (tertiary/aromatic N) is 1. The molecule has 0 spiro atoms. The van der Waals surface area contributed by atoms with Gasteiger partial charge in [-0.2, -0.15) is 0 Å². The van der Waals surface area contributed by atoms with Crippen molar-refractivity contribution in [1.82, 2.24) is 4.98 Å². The molecule has 0 fully saturated rings. The fraction of sp³-hybridized carbons (Fsp3) is 0.0741. The molecule has 3 aromatic rings. The van der Waals surface area contributed by atoms with E-state index in [0.717, 1.165) is 23.1 Å². The van der Waals surface area contributed by atoms with Crippen LogP contribution in [0.1, 0.15) is 34.7 Å². The van der Waals surface area contributed by atoms with Crippen molar-refractivity contribution in [3.8, 4) is 0 Å². The van der Waals surface area contributed by atoms with Crippen molar-refractivity contribution < 1.29 is 0 Å². The van der Waals surface area contributed by atoms with E-state index in [-0.39, 0.29) is 0 Å². The summed E-state index contributed by atoms with van der Waals surface area (Å²) in [6.07, 6.45) is 11.9. The van der Waals surface area contributed by atoms with E-state index >= 15 is 0 Å². The molecule has 1 nitrogen and oxygen atoms in total. The zero-order valence-corrected chi connectivity index (χ0v) is 16.7. The Bertz CT molecular complexity index is 849. The second kappa shape index (κ2) is 13.7. The highest BCUT2D eigenvalue weighted by atomic mass is 14.6. The molecule has 0 aliphatic heterocycles. The molecule has 0 amide bonds. The molecular formula is C27H29N. The van der Waals surface area contributed by atoms with E-state index in [2.05, 4.69) is 56.4 Å². The van der Waals surface area contributed by atoms with Gasteiger partial charge in [0.05, 0.1) is 0 Å². The maximum atomic E-state index is 3.85. The van der Waals surface area contributed by atoms with E-state index in [1.807, 2.05) is 60.7 Å². The molecule has 0 unspecified atom stereocenters. The van der Waals surface area contributed by atoms with Crippen molar-refractivity contribution in [2.24, 2.45) is 0 Å². The van der Waals surface area contributed by atoms with Crippen LogP contribution in [0.25, 0.3) is 24.3 Å². The van der Waals surface area contributed by atoms with Crippen LogP contribution >= 0.6 is 0 Å². The van der Waals surface area contributed by atoms with Crippen LogP contribution in [0.4, 0.5) is 0 Å². The Labute approximate surface area is 170 Å². The van der Waals surface area contributed by atoms with Gasteiger partial charge in [0.15, 0.2) is 0 Å². The van der Waals surface area contributed by atoms with Crippen molar-refractivity contribution in [3.63, 3.8) is 0 Å². The first kappa shape index (κ1) is 22.6. The van der Waals surface area contributed by atoms with Crippen LogP contribution in [-0.2, 0) is 6.42 Å². The summed E-state index contributed by atoms with van der Waals surface area (Å²) >= 11 is 0. The molecule has 142 valence electrons. The lowest BCUT2D eigenvalue weighted by Crippen LogP contribution is -1.83. The summed E-state index contributed by atoms with van der Waals surface area (Å²) in [5.74, 6) is 0. The van der Waals surface area contributed by atoms with E-state index in [1.165, 1.54) is 11.1 Å². The predicted octanol–water partition coefficient (Wildman–Crippen LogP) is 7.59. The van der Waals surface area contributed by atoms with Crippen LogP contribution in [0.5, 0.6) is 0 Å². The molecule has 0 bridgehead atoms. The van der Waals surface area contributed by atoms with Crippen LogP contribution in [0.2, 0.25) is 0 Å². The first-order chi connectivity index (χ1) is 13.7. The average Bonchev–Trinajstić information content (AvgIpc) is 2.80. The molecule has 3 rings (SSSR count). The standard InChI is InChI=1S/C10H12.C10H10.C7H7N/c2*1-3-9-7-5-6-8-10(9)4-2;1-2-7-3-5-8-6-4-7/h3,5-8H,1,4H2,2H3;3-8H,1-2H2;2-6H,1H2. The van der Waals surface area contributed by atoms with Gasteiger partial charge < -0.3 is 0 Å². The third kappa shape index (κ3) is 7.84. The van der Waals surface area contributed by atoms with Crippen LogP contribution in [0, 0.1) is 0 Å². The summed E-state index contributed by atoms with van der Waals surface area (Å²) in [5, 5.41) is 0. The molecule has 0 aliphatic rings. The number of rotatable bonds is 5. The molecule has 0 aliphatic carbocycles. The monoisotopic (exact) mass is 367 g/mol. The molecule has 0 saturated carbocycles. The summed E-state index contributed by atoms with van der Waals surface area (Å²) in [4.78, 5) is 3.85. The smallest absolute Gasteiger partial charge is 0.0273 e. The minimum Gasteiger partial charge on any atom is -0.265 e. The van der Waals surface area contributed by atoms with Crippen molar-refractivity contribution in [1.29, 1.82) is 0 Å². The van der Waals surface area contributed by atoms with Gasteiger partial charge in [-0.3, -0.25) is 4.98 Å². The third-order valence-corrected chi connectivity index (χ3v) is 4.03. The second-order valence-corrected chi connectivity index (χ2v) is 5.78. The van der Waals surface area contributed by atoms with Gasteiger partial charge in [-0.05, 0) is 46.4 Å². The molecular weight excluding hydrogens is 338 g/mol. The number of aromatic nitrogens is 1. The van der Waals surface area contributed by atoms with Gasteiger partial charge in [0.2, 0.25) is 0 Å². The van der Waals surface area contributed by atoms with Gasteiger partial charge in [0.25, 0.3) is 0 Å². The number of hydrogen-bond donors (Lipinski definition) is 0. The minimum atomic E-state index is 1.09. The lowest BCUT2D eigenvalue weighted by atomic mass is 10.1. The summed E-state index contributed by atoms with van der Waals surface area (Å²) in [6.45, 7) is 16.9. The van der Waals surface area contributed by atoms with Gasteiger partial charge >= 0.3 is 0 Å². The lowest BCUT2D eigenvalue weighted by molar-refractivity contribution is 1.13. The highest BCUT2D eigenvalue weighted by Gasteiger charge is 1.92. The highest BCUT2D eigenvalue weighted by molar-refractivity contribution is 5.63. The fourth-order valence-electron chi connectivity index (χ4n) is 2.44. The molecule has 28 heavy (non-hydrogen) atoms. The van der Waals surface area contributed by atoms with Crippen molar-refractivity contribution >= 4 is 24.3 Å². The molecule has 0 radical (unpaired) electrons. The zero-order valence-electron chi connectivity index (χ0n) is 16.7. The molecule has 0 saturated heterocycles. The van der Waals surface area contributed by atoms with Crippen LogP contribution < -0.4 is 0 Å². The quantitative estimate of drug-likeness (QED) is 0.452. The Morgan fingerprint density at radius 3 is 1.46 bits per heavy atom. The topological polar surface area (TPSA) is 12.9 Å². The Morgan fingerprint density at radius 2 is 1.11 bits per heavy atom. The second-order valence-electron chi connectivity index (χ2n) is 5.78. The maximum absolute atomic E-state index is 3.85. The average molecular weight is 368 g/mol. The van der Waals surface area contributed by atoms with Crippen LogP contribution in [-0.4, -0.2) is 4.98 Å². The van der Waals surface area contributed by atoms with Crippen molar-refractivity contribution in [2.45, 2.75) is 13.3 Å². The Hall–Kier alpha value is -3.45. The highest BCUT2D eigenvalue weighted by Crippen LogP contribution is 2.10. The molecule has 1 heteroatoms. The number of benzene rings is 2. The van der Waals surface area contributed by atoms with E-state index in [4.69, 9.17) is 0 Å². The minimum absolute atomic E-state index is 1.09. The molecule has 1 aromatic heterocycles. The van der Waals surface area contributed by atoms with Crippen LogP contribution in [0.3, 0.4) is 0 Å². The third-order valence-electron chi connectivity index (χ3n) is 4.03. The Kier molecular flexibility index (Phi) is 11.1. The summed E-state index contributed by atoms with van der Waals surface area (Å²) < 4.78 is 0. The molecule has 0 N–H and O–H groups in total. The summed E-state index contributed by atoms with van der Waals surface area (Å²) in [7, 11) is 0. The lowest BCUT2D eigenvalue weighted by Gasteiger charge is -1.99. The van der Waals surface area contributed by atoms with Crippen molar-refractivity contribution in [2.75, 3.05) is 0 Å². The van der Waals surface area contributed by atoms with Crippen molar-refractivity contribution in [3.05, 3.63) is 127 Å². The Morgan fingerprint density at radius 1 is 0.643 bits per heavy atom. The number of hydrogen-bond acceptors (Lipinski definition) is 1.